The second kappa shape index (κ2) is 5.75. The molecular formula is C14H18N4OS2. The number of rotatable bonds is 5. The maximum atomic E-state index is 10.5. The van der Waals surface area contributed by atoms with Crippen molar-refractivity contribution in [1.29, 1.82) is 0 Å². The highest BCUT2D eigenvalue weighted by Gasteiger charge is 2.29. The van der Waals surface area contributed by atoms with E-state index in [4.69, 9.17) is 0 Å². The van der Waals surface area contributed by atoms with Crippen LogP contribution in [0.2, 0.25) is 0 Å². The minimum absolute atomic E-state index is 0.0634. The molecule has 5 nitrogen and oxygen atoms in total. The number of thiazole rings is 1. The second-order valence-corrected chi connectivity index (χ2v) is 6.79. The lowest BCUT2D eigenvalue weighted by atomic mass is 10.1. The first-order valence-electron chi connectivity index (χ1n) is 6.96. The Morgan fingerprint density at radius 1 is 1.33 bits per heavy atom. The number of hydrogen-bond acceptors (Lipinski definition) is 6. The van der Waals surface area contributed by atoms with Gasteiger partial charge in [0.1, 0.15) is 6.33 Å². The number of hydrogen-bond donors (Lipinski definition) is 1. The van der Waals surface area contributed by atoms with Crippen LogP contribution in [0.4, 0.5) is 0 Å². The fourth-order valence-corrected chi connectivity index (χ4v) is 4.79. The Labute approximate surface area is 131 Å². The summed E-state index contributed by atoms with van der Waals surface area (Å²) in [6, 6.07) is 2.19. The number of aromatic hydroxyl groups is 1. The predicted molar refractivity (Wildman–Crippen MR) is 86.3 cm³/mol. The molecule has 0 bridgehead atoms. The summed E-state index contributed by atoms with van der Waals surface area (Å²) in [6.45, 7) is 8.26. The van der Waals surface area contributed by atoms with E-state index in [1.54, 1.807) is 11.3 Å². The van der Waals surface area contributed by atoms with Crippen LogP contribution in [0.5, 0.6) is 5.88 Å². The van der Waals surface area contributed by atoms with Crippen LogP contribution in [0.25, 0.3) is 4.96 Å². The van der Waals surface area contributed by atoms with Gasteiger partial charge in [0.05, 0.1) is 10.9 Å². The predicted octanol–water partition coefficient (Wildman–Crippen LogP) is 3.30. The van der Waals surface area contributed by atoms with Gasteiger partial charge in [-0.25, -0.2) is 4.98 Å². The summed E-state index contributed by atoms with van der Waals surface area (Å²) >= 11 is 3.25. The van der Waals surface area contributed by atoms with E-state index in [0.717, 1.165) is 22.9 Å². The van der Waals surface area contributed by atoms with Crippen LogP contribution < -0.4 is 0 Å². The summed E-state index contributed by atoms with van der Waals surface area (Å²) in [7, 11) is 0. The SMILES string of the molecule is CCN(CC)C(c1sccc1C)c1sc2ncnn2c1O. The van der Waals surface area contributed by atoms with Gasteiger partial charge in [-0.1, -0.05) is 25.2 Å². The standard InChI is InChI=1S/C14H18N4OS2/c1-4-17(5-2)10(11-9(3)6-7-20-11)12-13(19)18-14(21-12)15-8-16-18/h6-8,10,19H,4-5H2,1-3H3. The zero-order chi connectivity index (χ0) is 15.0. The van der Waals surface area contributed by atoms with E-state index in [9.17, 15) is 5.11 Å². The van der Waals surface area contributed by atoms with Crippen LogP contribution in [0.1, 0.15) is 35.2 Å². The maximum Gasteiger partial charge on any atom is 0.230 e. The molecule has 7 heteroatoms. The molecule has 1 N–H and O–H groups in total. The van der Waals surface area contributed by atoms with Crippen molar-refractivity contribution in [3.8, 4) is 5.88 Å². The van der Waals surface area contributed by atoms with Gasteiger partial charge >= 0.3 is 0 Å². The Bertz CT molecular complexity index is 741. The third-order valence-electron chi connectivity index (χ3n) is 3.71. The van der Waals surface area contributed by atoms with Gasteiger partial charge in [0.25, 0.3) is 0 Å². The first-order chi connectivity index (χ1) is 10.2. The van der Waals surface area contributed by atoms with Gasteiger partial charge < -0.3 is 5.11 Å². The quantitative estimate of drug-likeness (QED) is 0.783. The molecule has 1 atom stereocenters. The van der Waals surface area contributed by atoms with Gasteiger partial charge in [-0.15, -0.1) is 11.3 Å². The topological polar surface area (TPSA) is 53.7 Å². The highest BCUT2D eigenvalue weighted by atomic mass is 32.1. The van der Waals surface area contributed by atoms with E-state index in [1.165, 1.54) is 32.6 Å². The van der Waals surface area contributed by atoms with Crippen LogP contribution in [-0.2, 0) is 0 Å². The molecule has 0 amide bonds. The lowest BCUT2D eigenvalue weighted by Gasteiger charge is -2.28. The largest absolute Gasteiger partial charge is 0.492 e. The summed E-state index contributed by atoms with van der Waals surface area (Å²) in [4.78, 5) is 9.47. The van der Waals surface area contributed by atoms with Gasteiger partial charge in [-0.3, -0.25) is 4.90 Å². The zero-order valence-corrected chi connectivity index (χ0v) is 13.9. The normalized spacial score (nSPS) is 13.3. The summed E-state index contributed by atoms with van der Waals surface area (Å²) in [5.74, 6) is 0.206. The van der Waals surface area contributed by atoms with Crippen LogP contribution in [0, 0.1) is 6.92 Å². The Balaban J connectivity index is 2.16. The van der Waals surface area contributed by atoms with Crippen molar-refractivity contribution in [3.63, 3.8) is 0 Å². The first-order valence-corrected chi connectivity index (χ1v) is 8.66. The van der Waals surface area contributed by atoms with Crippen molar-refractivity contribution >= 4 is 27.6 Å². The molecule has 3 aromatic heterocycles. The molecule has 0 saturated heterocycles. The van der Waals surface area contributed by atoms with Crippen LogP contribution in [0.15, 0.2) is 17.8 Å². The Kier molecular flexibility index (Phi) is 3.97. The van der Waals surface area contributed by atoms with E-state index < -0.39 is 0 Å². The average molecular weight is 322 g/mol. The Morgan fingerprint density at radius 2 is 2.10 bits per heavy atom. The molecule has 21 heavy (non-hydrogen) atoms. The van der Waals surface area contributed by atoms with Crippen LogP contribution >= 0.6 is 22.7 Å². The van der Waals surface area contributed by atoms with Gasteiger partial charge in [0.15, 0.2) is 0 Å². The highest BCUT2D eigenvalue weighted by Crippen LogP contribution is 2.42. The van der Waals surface area contributed by atoms with Crippen molar-refractivity contribution in [2.24, 2.45) is 0 Å². The van der Waals surface area contributed by atoms with Crippen molar-refractivity contribution in [3.05, 3.63) is 33.1 Å². The number of nitrogens with zero attached hydrogens (tertiary/aromatic N) is 4. The van der Waals surface area contributed by atoms with Crippen molar-refractivity contribution in [1.82, 2.24) is 19.5 Å². The molecule has 3 aromatic rings. The van der Waals surface area contributed by atoms with E-state index in [-0.39, 0.29) is 11.9 Å². The van der Waals surface area contributed by atoms with Crippen LogP contribution in [-0.4, -0.2) is 37.7 Å². The molecule has 0 spiro atoms. The Morgan fingerprint density at radius 3 is 2.67 bits per heavy atom. The number of fused-ring (bicyclic) bond motifs is 1. The maximum absolute atomic E-state index is 10.5. The van der Waals surface area contributed by atoms with Crippen LogP contribution in [0.3, 0.4) is 0 Å². The zero-order valence-electron chi connectivity index (χ0n) is 12.3. The van der Waals surface area contributed by atoms with Crippen molar-refractivity contribution in [2.45, 2.75) is 26.8 Å². The minimum atomic E-state index is 0.0634. The summed E-state index contributed by atoms with van der Waals surface area (Å²) in [5, 5.41) is 16.7. The first kappa shape index (κ1) is 14.5. The summed E-state index contributed by atoms with van der Waals surface area (Å²) in [6.07, 6.45) is 1.47. The third-order valence-corrected chi connectivity index (χ3v) is 5.87. The smallest absolute Gasteiger partial charge is 0.230 e. The molecule has 0 aliphatic rings. The summed E-state index contributed by atoms with van der Waals surface area (Å²) in [5.41, 5.74) is 1.26. The molecule has 1 unspecified atom stereocenters. The van der Waals surface area contributed by atoms with Gasteiger partial charge in [0.2, 0.25) is 10.8 Å². The number of thiophene rings is 1. The summed E-state index contributed by atoms with van der Waals surface area (Å²) < 4.78 is 1.51. The van der Waals surface area contributed by atoms with E-state index in [1.807, 2.05) is 0 Å². The van der Waals surface area contributed by atoms with Gasteiger partial charge in [-0.05, 0) is 37.0 Å². The average Bonchev–Trinajstić information content (AvgIpc) is 3.16. The molecule has 3 rings (SSSR count). The van der Waals surface area contributed by atoms with Crippen molar-refractivity contribution < 1.29 is 5.11 Å². The van der Waals surface area contributed by atoms with Crippen molar-refractivity contribution in [2.75, 3.05) is 13.1 Å². The monoisotopic (exact) mass is 322 g/mol. The molecule has 0 aliphatic carbocycles. The molecule has 0 fully saturated rings. The second-order valence-electron chi connectivity index (χ2n) is 4.84. The number of aromatic nitrogens is 3. The van der Waals surface area contributed by atoms with Gasteiger partial charge in [0, 0.05) is 4.88 Å². The lowest BCUT2D eigenvalue weighted by molar-refractivity contribution is 0.250. The molecule has 112 valence electrons. The fraction of sp³-hybridized carbons (Fsp3) is 0.429. The molecule has 3 heterocycles. The molecule has 0 aromatic carbocycles. The van der Waals surface area contributed by atoms with E-state index in [2.05, 4.69) is 47.2 Å². The highest BCUT2D eigenvalue weighted by molar-refractivity contribution is 7.17. The fourth-order valence-electron chi connectivity index (χ4n) is 2.58. The Hall–Kier alpha value is -1.44. The molecule has 0 saturated carbocycles. The molecule has 0 radical (unpaired) electrons. The van der Waals surface area contributed by atoms with E-state index >= 15 is 0 Å². The third kappa shape index (κ3) is 2.35. The minimum Gasteiger partial charge on any atom is -0.492 e. The molecular weight excluding hydrogens is 304 g/mol. The number of aryl methyl sites for hydroxylation is 1. The molecule has 0 aliphatic heterocycles. The van der Waals surface area contributed by atoms with Gasteiger partial charge in [-0.2, -0.15) is 9.61 Å². The lowest BCUT2D eigenvalue weighted by Crippen LogP contribution is -2.28. The van der Waals surface area contributed by atoms with E-state index in [0.29, 0.717) is 0 Å².